The number of halogens is 3. The first kappa shape index (κ1) is 11.5. The van der Waals surface area contributed by atoms with Gasteiger partial charge in [0, 0.05) is 25.4 Å². The van der Waals surface area contributed by atoms with E-state index in [4.69, 9.17) is 0 Å². The molecule has 1 N–H and O–H groups in total. The molecule has 3 nitrogen and oxygen atoms in total. The maximum Gasteiger partial charge on any atom is 0.161 e. The maximum absolute atomic E-state index is 13.2. The summed E-state index contributed by atoms with van der Waals surface area (Å²) in [5.74, 6) is -3.12. The minimum atomic E-state index is -1.20. The Morgan fingerprint density at radius 2 is 1.88 bits per heavy atom. The normalized spacial score (nSPS) is 10.6. The second-order valence-corrected chi connectivity index (χ2v) is 3.58. The molecule has 0 radical (unpaired) electrons. The number of benzene rings is 1. The summed E-state index contributed by atoms with van der Waals surface area (Å²) in [6, 6.07) is 3.04. The summed E-state index contributed by atoms with van der Waals surface area (Å²) >= 11 is 0. The largest absolute Gasteiger partial charge is 0.377 e. The van der Waals surface area contributed by atoms with Crippen molar-refractivity contribution < 1.29 is 13.2 Å². The number of hydrogen-bond donors (Lipinski definition) is 1. The van der Waals surface area contributed by atoms with Crippen molar-refractivity contribution in [2.75, 3.05) is 5.32 Å². The van der Waals surface area contributed by atoms with Gasteiger partial charge in [0.15, 0.2) is 11.6 Å². The molecule has 0 atom stereocenters. The first-order valence-corrected chi connectivity index (χ1v) is 4.93. The molecule has 0 aliphatic rings. The van der Waals surface area contributed by atoms with Crippen LogP contribution in [-0.2, 0) is 13.6 Å². The molecule has 90 valence electrons. The number of rotatable bonds is 3. The van der Waals surface area contributed by atoms with Gasteiger partial charge in [-0.3, -0.25) is 4.68 Å². The predicted molar refractivity (Wildman–Crippen MR) is 56.9 cm³/mol. The van der Waals surface area contributed by atoms with Gasteiger partial charge in [-0.25, -0.2) is 13.2 Å². The van der Waals surface area contributed by atoms with Crippen LogP contribution in [0.3, 0.4) is 0 Å². The van der Waals surface area contributed by atoms with Crippen molar-refractivity contribution >= 4 is 5.69 Å². The van der Waals surface area contributed by atoms with Crippen LogP contribution in [-0.4, -0.2) is 9.78 Å². The lowest BCUT2D eigenvalue weighted by Crippen LogP contribution is -2.04. The first-order chi connectivity index (χ1) is 8.06. The fourth-order valence-electron chi connectivity index (χ4n) is 1.40. The Labute approximate surface area is 95.9 Å². The first-order valence-electron chi connectivity index (χ1n) is 4.93. The number of hydrogen-bond acceptors (Lipinski definition) is 2. The molecular formula is C11H10F3N3. The second-order valence-electron chi connectivity index (χ2n) is 3.58. The summed E-state index contributed by atoms with van der Waals surface area (Å²) in [4.78, 5) is 0. The topological polar surface area (TPSA) is 29.9 Å². The zero-order valence-corrected chi connectivity index (χ0v) is 9.04. The third kappa shape index (κ3) is 2.58. The van der Waals surface area contributed by atoms with Crippen LogP contribution < -0.4 is 5.32 Å². The van der Waals surface area contributed by atoms with Gasteiger partial charge in [-0.15, -0.1) is 0 Å². The van der Waals surface area contributed by atoms with Crippen LogP contribution in [0.15, 0.2) is 24.4 Å². The standard InChI is InChI=1S/C11H10F3N3/c1-17-3-2-7(16-17)6-15-11-5-9(13)8(12)4-10(11)14/h2-5,15H,6H2,1H3. The van der Waals surface area contributed by atoms with Crippen molar-refractivity contribution in [1.29, 1.82) is 0 Å². The van der Waals surface area contributed by atoms with E-state index in [2.05, 4.69) is 10.4 Å². The molecule has 2 aromatic rings. The minimum absolute atomic E-state index is 0.0884. The average Bonchev–Trinajstić information content (AvgIpc) is 2.68. The summed E-state index contributed by atoms with van der Waals surface area (Å²) in [6.07, 6.45) is 1.73. The number of aromatic nitrogens is 2. The van der Waals surface area contributed by atoms with Crippen LogP contribution >= 0.6 is 0 Å². The number of aryl methyl sites for hydroxylation is 1. The van der Waals surface area contributed by atoms with Crippen molar-refractivity contribution in [2.45, 2.75) is 6.54 Å². The highest BCUT2D eigenvalue weighted by Gasteiger charge is 2.09. The molecule has 17 heavy (non-hydrogen) atoms. The fraction of sp³-hybridized carbons (Fsp3) is 0.182. The molecule has 0 amide bonds. The van der Waals surface area contributed by atoms with Gasteiger partial charge in [-0.1, -0.05) is 0 Å². The summed E-state index contributed by atoms with van der Waals surface area (Å²) in [7, 11) is 1.75. The smallest absolute Gasteiger partial charge is 0.161 e. The van der Waals surface area contributed by atoms with E-state index in [-0.39, 0.29) is 12.2 Å². The molecule has 0 aliphatic carbocycles. The highest BCUT2D eigenvalue weighted by molar-refractivity contribution is 5.45. The summed E-state index contributed by atoms with van der Waals surface area (Å²) in [6.45, 7) is 0.239. The van der Waals surface area contributed by atoms with Gasteiger partial charge in [0.25, 0.3) is 0 Å². The lowest BCUT2D eigenvalue weighted by atomic mass is 10.2. The third-order valence-corrected chi connectivity index (χ3v) is 2.24. The van der Waals surface area contributed by atoms with E-state index in [0.29, 0.717) is 11.8 Å². The molecule has 0 saturated heterocycles. The molecule has 0 saturated carbocycles. The molecule has 0 unspecified atom stereocenters. The predicted octanol–water partition coefficient (Wildman–Crippen LogP) is 2.45. The fourth-order valence-corrected chi connectivity index (χ4v) is 1.40. The van der Waals surface area contributed by atoms with Crippen molar-refractivity contribution in [3.8, 4) is 0 Å². The molecule has 1 aromatic heterocycles. The Balaban J connectivity index is 2.11. The lowest BCUT2D eigenvalue weighted by molar-refractivity contribution is 0.496. The van der Waals surface area contributed by atoms with Gasteiger partial charge in [-0.05, 0) is 6.07 Å². The molecule has 1 aromatic carbocycles. The average molecular weight is 241 g/mol. The van der Waals surface area contributed by atoms with Crippen molar-refractivity contribution in [2.24, 2.45) is 7.05 Å². The molecule has 0 aliphatic heterocycles. The van der Waals surface area contributed by atoms with Crippen LogP contribution in [0.5, 0.6) is 0 Å². The van der Waals surface area contributed by atoms with Gasteiger partial charge in [0.1, 0.15) is 5.82 Å². The van der Waals surface area contributed by atoms with Crippen LogP contribution in [0.25, 0.3) is 0 Å². The van der Waals surface area contributed by atoms with E-state index in [1.807, 2.05) is 0 Å². The highest BCUT2D eigenvalue weighted by Crippen LogP contribution is 2.18. The van der Waals surface area contributed by atoms with Gasteiger partial charge in [0.2, 0.25) is 0 Å². The Kier molecular flexibility index (Phi) is 3.03. The van der Waals surface area contributed by atoms with Crippen molar-refractivity contribution in [1.82, 2.24) is 9.78 Å². The maximum atomic E-state index is 13.2. The highest BCUT2D eigenvalue weighted by atomic mass is 19.2. The van der Waals surface area contributed by atoms with Gasteiger partial charge in [0.05, 0.1) is 17.9 Å². The molecular weight excluding hydrogens is 231 g/mol. The van der Waals surface area contributed by atoms with Crippen molar-refractivity contribution in [3.05, 3.63) is 47.5 Å². The van der Waals surface area contributed by atoms with E-state index in [1.54, 1.807) is 24.0 Å². The summed E-state index contributed by atoms with van der Waals surface area (Å²) < 4.78 is 40.4. The second kappa shape index (κ2) is 4.48. The Hall–Kier alpha value is -1.98. The quantitative estimate of drug-likeness (QED) is 0.836. The SMILES string of the molecule is Cn1ccc(CNc2cc(F)c(F)cc2F)n1. The molecule has 1 heterocycles. The van der Waals surface area contributed by atoms with Crippen LogP contribution in [0.1, 0.15) is 5.69 Å². The number of nitrogens with zero attached hydrogens (tertiary/aromatic N) is 2. The van der Waals surface area contributed by atoms with Crippen LogP contribution in [0.4, 0.5) is 18.9 Å². The Bertz CT molecular complexity index is 537. The zero-order chi connectivity index (χ0) is 12.4. The van der Waals surface area contributed by atoms with E-state index in [1.165, 1.54) is 0 Å². The molecule has 0 spiro atoms. The van der Waals surface area contributed by atoms with Gasteiger partial charge in [-0.2, -0.15) is 5.10 Å². The van der Waals surface area contributed by atoms with Gasteiger partial charge < -0.3 is 5.32 Å². The van der Waals surface area contributed by atoms with E-state index >= 15 is 0 Å². The molecule has 6 heteroatoms. The van der Waals surface area contributed by atoms with Crippen LogP contribution in [0.2, 0.25) is 0 Å². The third-order valence-electron chi connectivity index (χ3n) is 2.24. The van der Waals surface area contributed by atoms with Crippen LogP contribution in [0, 0.1) is 17.5 Å². The van der Waals surface area contributed by atoms with Crippen molar-refractivity contribution in [3.63, 3.8) is 0 Å². The van der Waals surface area contributed by atoms with Gasteiger partial charge >= 0.3 is 0 Å². The molecule has 0 bridgehead atoms. The minimum Gasteiger partial charge on any atom is -0.377 e. The zero-order valence-electron chi connectivity index (χ0n) is 9.04. The number of anilines is 1. The van der Waals surface area contributed by atoms with E-state index in [0.717, 1.165) is 6.07 Å². The summed E-state index contributed by atoms with van der Waals surface area (Å²) in [5.41, 5.74) is 0.589. The lowest BCUT2D eigenvalue weighted by Gasteiger charge is -2.06. The monoisotopic (exact) mass is 241 g/mol. The number of nitrogens with one attached hydrogen (secondary N) is 1. The molecule has 0 fully saturated rings. The Morgan fingerprint density at radius 3 is 2.53 bits per heavy atom. The Morgan fingerprint density at radius 1 is 1.18 bits per heavy atom. The molecule has 2 rings (SSSR count). The summed E-state index contributed by atoms with van der Waals surface area (Å²) in [5, 5.41) is 6.71. The van der Waals surface area contributed by atoms with E-state index in [9.17, 15) is 13.2 Å². The van der Waals surface area contributed by atoms with E-state index < -0.39 is 17.5 Å².